The van der Waals surface area contributed by atoms with Gasteiger partial charge < -0.3 is 10.5 Å². The minimum absolute atomic E-state index is 0.0222. The molecule has 1 fully saturated rings. The predicted molar refractivity (Wildman–Crippen MR) is 69.3 cm³/mol. The Bertz CT molecular complexity index is 446. The second kappa shape index (κ2) is 3.49. The van der Waals surface area contributed by atoms with Crippen LogP contribution in [0.25, 0.3) is 0 Å². The van der Waals surface area contributed by atoms with Crippen LogP contribution in [0, 0.1) is 0 Å². The lowest BCUT2D eigenvalue weighted by molar-refractivity contribution is 0.0846. The Morgan fingerprint density at radius 3 is 2.71 bits per heavy atom. The van der Waals surface area contributed by atoms with Gasteiger partial charge in [0.15, 0.2) is 0 Å². The Kier molecular flexibility index (Phi) is 2.27. The molecule has 0 atom stereocenters. The topological polar surface area (TPSA) is 35.2 Å². The number of rotatable bonds is 2. The zero-order valence-corrected chi connectivity index (χ0v) is 10.8. The molecule has 0 saturated heterocycles. The summed E-state index contributed by atoms with van der Waals surface area (Å²) in [5, 5.41) is 0. The van der Waals surface area contributed by atoms with Crippen LogP contribution in [0.2, 0.25) is 0 Å². The highest BCUT2D eigenvalue weighted by Crippen LogP contribution is 2.38. The molecule has 0 radical (unpaired) electrons. The van der Waals surface area contributed by atoms with Gasteiger partial charge in [0.25, 0.3) is 0 Å². The van der Waals surface area contributed by atoms with E-state index in [-0.39, 0.29) is 11.1 Å². The third-order valence-electron chi connectivity index (χ3n) is 3.96. The van der Waals surface area contributed by atoms with Gasteiger partial charge >= 0.3 is 0 Å². The van der Waals surface area contributed by atoms with Crippen LogP contribution in [0.1, 0.15) is 44.2 Å². The maximum Gasteiger partial charge on any atom is 0.123 e. The highest BCUT2D eigenvalue weighted by atomic mass is 16.5. The SMILES string of the molecule is CC1(C)CCc2ccc(CC3(N)CC3)cc2O1. The monoisotopic (exact) mass is 231 g/mol. The smallest absolute Gasteiger partial charge is 0.123 e. The molecule has 3 rings (SSSR count). The van der Waals surface area contributed by atoms with Crippen molar-refractivity contribution >= 4 is 0 Å². The van der Waals surface area contributed by atoms with Crippen LogP contribution in [0.5, 0.6) is 5.75 Å². The fourth-order valence-corrected chi connectivity index (χ4v) is 2.54. The Labute approximate surface area is 103 Å². The second-order valence-corrected chi connectivity index (χ2v) is 6.34. The van der Waals surface area contributed by atoms with Gasteiger partial charge in [-0.2, -0.15) is 0 Å². The zero-order valence-electron chi connectivity index (χ0n) is 10.8. The summed E-state index contributed by atoms with van der Waals surface area (Å²) in [7, 11) is 0. The first-order chi connectivity index (χ1) is 7.96. The van der Waals surface area contributed by atoms with E-state index in [1.54, 1.807) is 0 Å². The summed E-state index contributed by atoms with van der Waals surface area (Å²) >= 11 is 0. The molecule has 2 aliphatic rings. The summed E-state index contributed by atoms with van der Waals surface area (Å²) in [6.45, 7) is 4.32. The summed E-state index contributed by atoms with van der Waals surface area (Å²) in [5.41, 5.74) is 8.89. The number of benzene rings is 1. The van der Waals surface area contributed by atoms with Gasteiger partial charge in [-0.3, -0.25) is 0 Å². The highest BCUT2D eigenvalue weighted by molar-refractivity contribution is 5.40. The Balaban J connectivity index is 1.85. The lowest BCUT2D eigenvalue weighted by Crippen LogP contribution is -2.32. The van der Waals surface area contributed by atoms with Crippen LogP contribution in [0.15, 0.2) is 18.2 Å². The quantitative estimate of drug-likeness (QED) is 0.849. The zero-order chi connectivity index (χ0) is 12.1. The molecule has 0 unspecified atom stereocenters. The molecule has 2 nitrogen and oxygen atoms in total. The van der Waals surface area contributed by atoms with Crippen LogP contribution in [-0.2, 0) is 12.8 Å². The van der Waals surface area contributed by atoms with Gasteiger partial charge in [0.1, 0.15) is 11.4 Å². The van der Waals surface area contributed by atoms with Gasteiger partial charge in [-0.25, -0.2) is 0 Å². The molecule has 1 heterocycles. The van der Waals surface area contributed by atoms with Crippen molar-refractivity contribution in [3.63, 3.8) is 0 Å². The standard InChI is InChI=1S/C15H21NO/c1-14(2)6-5-12-4-3-11(9-13(12)17-14)10-15(16)7-8-15/h3-4,9H,5-8,10,16H2,1-2H3. The maximum absolute atomic E-state index is 6.17. The summed E-state index contributed by atoms with van der Waals surface area (Å²) < 4.78 is 6.05. The normalized spacial score (nSPS) is 23.7. The first-order valence-corrected chi connectivity index (χ1v) is 6.56. The van der Waals surface area contributed by atoms with E-state index < -0.39 is 0 Å². The molecule has 2 heteroatoms. The van der Waals surface area contributed by atoms with Crippen molar-refractivity contribution in [2.45, 2.75) is 57.1 Å². The number of fused-ring (bicyclic) bond motifs is 1. The second-order valence-electron chi connectivity index (χ2n) is 6.34. The molecule has 1 aromatic rings. The Morgan fingerprint density at radius 2 is 2.00 bits per heavy atom. The van der Waals surface area contributed by atoms with Crippen molar-refractivity contribution in [2.24, 2.45) is 5.73 Å². The molecule has 0 amide bonds. The summed E-state index contributed by atoms with van der Waals surface area (Å²) in [5.74, 6) is 1.07. The van der Waals surface area contributed by atoms with Gasteiger partial charge in [0, 0.05) is 5.54 Å². The minimum Gasteiger partial charge on any atom is -0.488 e. The molecule has 0 spiro atoms. The largest absolute Gasteiger partial charge is 0.488 e. The van der Waals surface area contributed by atoms with Crippen LogP contribution in [-0.4, -0.2) is 11.1 Å². The van der Waals surface area contributed by atoms with Crippen molar-refractivity contribution in [2.75, 3.05) is 0 Å². The van der Waals surface area contributed by atoms with Crippen LogP contribution in [0.3, 0.4) is 0 Å². The fraction of sp³-hybridized carbons (Fsp3) is 0.600. The first-order valence-electron chi connectivity index (χ1n) is 6.56. The van der Waals surface area contributed by atoms with Gasteiger partial charge in [0.2, 0.25) is 0 Å². The fourth-order valence-electron chi connectivity index (χ4n) is 2.54. The molecular weight excluding hydrogens is 210 g/mol. The van der Waals surface area contributed by atoms with Gasteiger partial charge in [-0.15, -0.1) is 0 Å². The van der Waals surface area contributed by atoms with Crippen LogP contribution in [0.4, 0.5) is 0 Å². The predicted octanol–water partition coefficient (Wildman–Crippen LogP) is 2.82. The van der Waals surface area contributed by atoms with E-state index in [1.165, 1.54) is 11.1 Å². The van der Waals surface area contributed by atoms with Crippen LogP contribution < -0.4 is 10.5 Å². The molecule has 1 aromatic carbocycles. The van der Waals surface area contributed by atoms with Gasteiger partial charge in [-0.05, 0) is 63.1 Å². The molecule has 0 aromatic heterocycles. The molecule has 1 aliphatic carbocycles. The summed E-state index contributed by atoms with van der Waals surface area (Å²) in [6.07, 6.45) is 5.54. The summed E-state index contributed by atoms with van der Waals surface area (Å²) in [4.78, 5) is 0. The van der Waals surface area contributed by atoms with Crippen LogP contribution >= 0.6 is 0 Å². The molecule has 92 valence electrons. The van der Waals surface area contributed by atoms with E-state index in [2.05, 4.69) is 32.0 Å². The minimum atomic E-state index is -0.0222. The molecule has 2 N–H and O–H groups in total. The molecule has 0 bridgehead atoms. The van der Waals surface area contributed by atoms with E-state index >= 15 is 0 Å². The van der Waals surface area contributed by atoms with Crippen molar-refractivity contribution in [3.8, 4) is 5.75 Å². The number of hydrogen-bond donors (Lipinski definition) is 1. The Morgan fingerprint density at radius 1 is 1.24 bits per heavy atom. The Hall–Kier alpha value is -1.02. The number of hydrogen-bond acceptors (Lipinski definition) is 2. The van der Waals surface area contributed by atoms with E-state index in [0.29, 0.717) is 0 Å². The first kappa shape index (κ1) is 11.1. The third kappa shape index (κ3) is 2.32. The van der Waals surface area contributed by atoms with Crippen molar-refractivity contribution in [1.82, 2.24) is 0 Å². The lowest BCUT2D eigenvalue weighted by atomic mass is 9.92. The molecule has 17 heavy (non-hydrogen) atoms. The average Bonchev–Trinajstić information content (AvgIpc) is 2.94. The number of nitrogens with two attached hydrogens (primary N) is 1. The van der Waals surface area contributed by atoms with E-state index in [4.69, 9.17) is 10.5 Å². The van der Waals surface area contributed by atoms with E-state index in [1.807, 2.05) is 0 Å². The molecule has 1 aliphatic heterocycles. The number of aryl methyl sites for hydroxylation is 1. The van der Waals surface area contributed by atoms with E-state index in [9.17, 15) is 0 Å². The van der Waals surface area contributed by atoms with Crippen molar-refractivity contribution < 1.29 is 4.74 Å². The third-order valence-corrected chi connectivity index (χ3v) is 3.96. The number of ether oxygens (including phenoxy) is 1. The molecule has 1 saturated carbocycles. The van der Waals surface area contributed by atoms with Crippen molar-refractivity contribution in [3.05, 3.63) is 29.3 Å². The maximum atomic E-state index is 6.17. The lowest BCUT2D eigenvalue weighted by Gasteiger charge is -2.33. The van der Waals surface area contributed by atoms with E-state index in [0.717, 1.165) is 37.9 Å². The summed E-state index contributed by atoms with van der Waals surface area (Å²) in [6, 6.07) is 6.63. The van der Waals surface area contributed by atoms with Gasteiger partial charge in [0.05, 0.1) is 0 Å². The molecular formula is C15H21NO. The average molecular weight is 231 g/mol. The van der Waals surface area contributed by atoms with Gasteiger partial charge in [-0.1, -0.05) is 12.1 Å². The van der Waals surface area contributed by atoms with Crippen molar-refractivity contribution in [1.29, 1.82) is 0 Å². The highest BCUT2D eigenvalue weighted by Gasteiger charge is 2.38.